The van der Waals surface area contributed by atoms with Gasteiger partial charge in [0.2, 0.25) is 11.8 Å². The minimum Gasteiger partial charge on any atom is -0.384 e. The van der Waals surface area contributed by atoms with Gasteiger partial charge in [-0.3, -0.25) is 9.59 Å². The van der Waals surface area contributed by atoms with Gasteiger partial charge in [0.1, 0.15) is 0 Å². The van der Waals surface area contributed by atoms with Crippen molar-refractivity contribution in [3.05, 3.63) is 23.8 Å². The summed E-state index contributed by atoms with van der Waals surface area (Å²) >= 11 is 0. The molecule has 6 nitrogen and oxygen atoms in total. The highest BCUT2D eigenvalue weighted by Gasteiger charge is 1.97. The number of nitrogens with one attached hydrogen (secondary N) is 1. The smallest absolute Gasteiger partial charge is 0.246 e. The lowest BCUT2D eigenvalue weighted by molar-refractivity contribution is -0.117. The zero-order valence-electron chi connectivity index (χ0n) is 12.8. The van der Waals surface area contributed by atoms with Crippen molar-refractivity contribution in [1.29, 1.82) is 0 Å². The lowest BCUT2D eigenvalue weighted by atomic mass is 10.2. The third-order valence-electron chi connectivity index (χ3n) is 2.14. The van der Waals surface area contributed by atoms with Crippen LogP contribution < -0.4 is 11.1 Å². The van der Waals surface area contributed by atoms with Gasteiger partial charge in [0.15, 0.2) is 0 Å². The number of rotatable bonds is 8. The van der Waals surface area contributed by atoms with Crippen LogP contribution in [0.4, 0.5) is 0 Å². The molecule has 0 unspecified atom stereocenters. The molecule has 0 atom stereocenters. The molecule has 20 heavy (non-hydrogen) atoms. The summed E-state index contributed by atoms with van der Waals surface area (Å²) in [6.07, 6.45) is 2.51. The first-order chi connectivity index (χ1) is 9.36. The summed E-state index contributed by atoms with van der Waals surface area (Å²) in [4.78, 5) is 21.2. The Morgan fingerprint density at radius 3 is 2.15 bits per heavy atom. The summed E-state index contributed by atoms with van der Waals surface area (Å²) < 4.78 is 9.50. The van der Waals surface area contributed by atoms with Gasteiger partial charge < -0.3 is 20.5 Å². The predicted molar refractivity (Wildman–Crippen MR) is 79.1 cm³/mol. The third-order valence-corrected chi connectivity index (χ3v) is 2.14. The summed E-state index contributed by atoms with van der Waals surface area (Å²) in [6, 6.07) is 0. The van der Waals surface area contributed by atoms with E-state index in [2.05, 4.69) is 11.9 Å². The molecule has 116 valence electrons. The number of ether oxygens (including phenoxy) is 2. The Labute approximate surface area is 121 Å². The van der Waals surface area contributed by atoms with Gasteiger partial charge >= 0.3 is 0 Å². The van der Waals surface area contributed by atoms with E-state index in [0.29, 0.717) is 30.9 Å². The summed E-state index contributed by atoms with van der Waals surface area (Å²) in [5.41, 5.74) is 6.09. The average Bonchev–Trinajstić information content (AvgIpc) is 2.39. The van der Waals surface area contributed by atoms with Crippen molar-refractivity contribution in [3.8, 4) is 0 Å². The molecule has 0 aliphatic heterocycles. The van der Waals surface area contributed by atoms with Crippen molar-refractivity contribution >= 4 is 11.8 Å². The molecule has 0 heterocycles. The van der Waals surface area contributed by atoms with Crippen LogP contribution in [0.25, 0.3) is 0 Å². The second kappa shape index (κ2) is 13.8. The molecule has 0 aliphatic carbocycles. The summed E-state index contributed by atoms with van der Waals surface area (Å²) in [7, 11) is 3.21. The highest BCUT2D eigenvalue weighted by atomic mass is 16.5. The van der Waals surface area contributed by atoms with Crippen LogP contribution in [-0.4, -0.2) is 45.8 Å². The lowest BCUT2D eigenvalue weighted by Gasteiger charge is -2.01. The number of hydrogen-bond acceptors (Lipinski definition) is 4. The molecule has 2 amide bonds. The number of hydrogen-bond donors (Lipinski definition) is 2. The van der Waals surface area contributed by atoms with E-state index < -0.39 is 0 Å². The number of nitrogens with two attached hydrogens (primary N) is 1. The van der Waals surface area contributed by atoms with E-state index in [1.807, 2.05) is 0 Å². The molecule has 6 heteroatoms. The zero-order valence-corrected chi connectivity index (χ0v) is 12.8. The molecular weight excluding hydrogens is 260 g/mol. The van der Waals surface area contributed by atoms with Gasteiger partial charge in [-0.1, -0.05) is 12.7 Å². The van der Waals surface area contributed by atoms with E-state index in [1.165, 1.54) is 0 Å². The molecule has 0 saturated carbocycles. The van der Waals surface area contributed by atoms with Crippen LogP contribution in [0.5, 0.6) is 0 Å². The van der Waals surface area contributed by atoms with Crippen LogP contribution in [-0.2, 0) is 19.1 Å². The molecule has 0 spiro atoms. The van der Waals surface area contributed by atoms with Crippen molar-refractivity contribution in [2.75, 3.05) is 34.0 Å². The molecule has 0 fully saturated rings. The average molecular weight is 286 g/mol. The van der Waals surface area contributed by atoms with E-state index in [-0.39, 0.29) is 11.8 Å². The lowest BCUT2D eigenvalue weighted by Crippen LogP contribution is -2.27. The van der Waals surface area contributed by atoms with Gasteiger partial charge in [-0.25, -0.2) is 0 Å². The van der Waals surface area contributed by atoms with Gasteiger partial charge in [0.05, 0.1) is 6.61 Å². The van der Waals surface area contributed by atoms with E-state index in [4.69, 9.17) is 15.2 Å². The Hall–Kier alpha value is -1.66. The van der Waals surface area contributed by atoms with E-state index in [1.54, 1.807) is 34.1 Å². The third kappa shape index (κ3) is 14.4. The van der Waals surface area contributed by atoms with Gasteiger partial charge in [-0.2, -0.15) is 0 Å². The van der Waals surface area contributed by atoms with Crippen LogP contribution in [0, 0.1) is 0 Å². The van der Waals surface area contributed by atoms with Crippen LogP contribution in [0.1, 0.15) is 20.3 Å². The Kier molecular flexibility index (Phi) is 14.2. The van der Waals surface area contributed by atoms with Crippen LogP contribution in [0.3, 0.4) is 0 Å². The van der Waals surface area contributed by atoms with Crippen molar-refractivity contribution in [2.24, 2.45) is 5.73 Å². The van der Waals surface area contributed by atoms with E-state index in [9.17, 15) is 9.59 Å². The predicted octanol–water partition coefficient (Wildman–Crippen LogP) is 0.780. The molecular formula is C14H26N2O4. The van der Waals surface area contributed by atoms with E-state index >= 15 is 0 Å². The summed E-state index contributed by atoms with van der Waals surface area (Å²) in [6.45, 7) is 8.56. The Bertz CT molecular complexity index is 338. The SMILES string of the molecule is C=C(C)C(=O)NCCOC.COCCC=C(C)C(N)=O. The highest BCUT2D eigenvalue weighted by Crippen LogP contribution is 1.93. The second-order valence-electron chi connectivity index (χ2n) is 4.06. The molecule has 3 N–H and O–H groups in total. The second-order valence-corrected chi connectivity index (χ2v) is 4.06. The Morgan fingerprint density at radius 2 is 1.75 bits per heavy atom. The number of carbonyl (C=O) groups excluding carboxylic acids is 2. The van der Waals surface area contributed by atoms with Crippen LogP contribution >= 0.6 is 0 Å². The first-order valence-corrected chi connectivity index (χ1v) is 6.24. The fourth-order valence-corrected chi connectivity index (χ4v) is 0.911. The van der Waals surface area contributed by atoms with Crippen molar-refractivity contribution in [3.63, 3.8) is 0 Å². The van der Waals surface area contributed by atoms with Crippen LogP contribution in [0.2, 0.25) is 0 Å². The molecule has 0 bridgehead atoms. The number of carbonyl (C=O) groups is 2. The maximum absolute atomic E-state index is 10.8. The molecule has 0 saturated heterocycles. The minimum atomic E-state index is -0.365. The van der Waals surface area contributed by atoms with Crippen molar-refractivity contribution < 1.29 is 19.1 Å². The zero-order chi connectivity index (χ0) is 16.0. The fourth-order valence-electron chi connectivity index (χ4n) is 0.911. The van der Waals surface area contributed by atoms with E-state index in [0.717, 1.165) is 6.42 Å². The molecule has 0 aliphatic rings. The van der Waals surface area contributed by atoms with Gasteiger partial charge in [0, 0.05) is 38.5 Å². The topological polar surface area (TPSA) is 90.7 Å². The number of amides is 2. The summed E-state index contributed by atoms with van der Waals surface area (Å²) in [5, 5.41) is 2.62. The quantitative estimate of drug-likeness (QED) is 0.509. The maximum Gasteiger partial charge on any atom is 0.246 e. The Morgan fingerprint density at radius 1 is 1.20 bits per heavy atom. The van der Waals surface area contributed by atoms with Crippen molar-refractivity contribution in [1.82, 2.24) is 5.32 Å². The molecule has 0 rings (SSSR count). The number of primary amides is 1. The minimum absolute atomic E-state index is 0.114. The van der Waals surface area contributed by atoms with Crippen LogP contribution in [0.15, 0.2) is 23.8 Å². The fraction of sp³-hybridized carbons (Fsp3) is 0.571. The first kappa shape index (κ1) is 20.7. The molecule has 0 aromatic carbocycles. The number of methoxy groups -OCH3 is 2. The first-order valence-electron chi connectivity index (χ1n) is 6.24. The van der Waals surface area contributed by atoms with Gasteiger partial charge in [-0.15, -0.1) is 0 Å². The van der Waals surface area contributed by atoms with Crippen molar-refractivity contribution in [2.45, 2.75) is 20.3 Å². The standard InChI is InChI=1S/2C7H13NO2/c1-6(2)7(9)8-4-5-10-3;1-6(7(8)9)4-3-5-10-2/h1,4-5H2,2-3H3,(H,8,9);4H,3,5H2,1-2H3,(H2,8,9). The monoisotopic (exact) mass is 286 g/mol. The Balaban J connectivity index is 0. The largest absolute Gasteiger partial charge is 0.384 e. The van der Waals surface area contributed by atoms with Gasteiger partial charge in [0.25, 0.3) is 0 Å². The molecule has 0 aromatic rings. The molecule has 0 aromatic heterocycles. The normalized spacial score (nSPS) is 10.3. The maximum atomic E-state index is 10.8. The molecule has 0 radical (unpaired) electrons. The summed E-state index contributed by atoms with van der Waals surface area (Å²) in [5.74, 6) is -0.479. The van der Waals surface area contributed by atoms with Gasteiger partial charge in [-0.05, 0) is 20.3 Å². The highest BCUT2D eigenvalue weighted by molar-refractivity contribution is 5.92.